The van der Waals surface area contributed by atoms with Gasteiger partial charge >= 0.3 is 6.18 Å². The fourth-order valence-corrected chi connectivity index (χ4v) is 2.80. The number of ether oxygens (including phenoxy) is 1. The van der Waals surface area contributed by atoms with E-state index >= 15 is 0 Å². The van der Waals surface area contributed by atoms with E-state index in [4.69, 9.17) is 10.5 Å². The molecule has 0 bridgehead atoms. The molecule has 0 spiro atoms. The van der Waals surface area contributed by atoms with E-state index in [1.165, 1.54) is 7.11 Å². The van der Waals surface area contributed by atoms with Gasteiger partial charge in [0.15, 0.2) is 0 Å². The number of halogens is 3. The van der Waals surface area contributed by atoms with E-state index in [2.05, 4.69) is 5.32 Å². The number of methoxy groups -OCH3 is 1. The van der Waals surface area contributed by atoms with Gasteiger partial charge < -0.3 is 10.5 Å². The minimum absolute atomic E-state index is 0.128. The van der Waals surface area contributed by atoms with E-state index in [0.29, 0.717) is 12.2 Å². The summed E-state index contributed by atoms with van der Waals surface area (Å²) in [7, 11) is 1.54. The summed E-state index contributed by atoms with van der Waals surface area (Å²) >= 11 is 0. The van der Waals surface area contributed by atoms with Crippen LogP contribution in [0.1, 0.15) is 24.0 Å². The summed E-state index contributed by atoms with van der Waals surface area (Å²) in [5.74, 6) is 0.636. The van der Waals surface area contributed by atoms with Crippen molar-refractivity contribution in [3.05, 3.63) is 29.3 Å². The molecule has 0 saturated heterocycles. The van der Waals surface area contributed by atoms with Gasteiger partial charge in [0.2, 0.25) is 0 Å². The zero-order chi connectivity index (χ0) is 14.8. The van der Waals surface area contributed by atoms with Crippen LogP contribution in [-0.2, 0) is 12.0 Å². The maximum atomic E-state index is 12.5. The number of hydrogen-bond acceptors (Lipinski definition) is 3. The summed E-state index contributed by atoms with van der Waals surface area (Å²) in [5.41, 5.74) is 6.85. The predicted molar refractivity (Wildman–Crippen MR) is 70.7 cm³/mol. The monoisotopic (exact) mass is 288 g/mol. The summed E-state index contributed by atoms with van der Waals surface area (Å²) in [4.78, 5) is 0. The summed E-state index contributed by atoms with van der Waals surface area (Å²) in [6.07, 6.45) is -1.98. The second-order valence-corrected chi connectivity index (χ2v) is 5.13. The lowest BCUT2D eigenvalue weighted by molar-refractivity contribution is -0.129. The van der Waals surface area contributed by atoms with E-state index in [-0.39, 0.29) is 6.54 Å². The standard InChI is InChI=1S/C14H19F3N2O/c1-20-11-5-4-10-3-2-6-13(8-18,12(10)7-11)19-9-14(15,16)17/h4-5,7,19H,2-3,6,8-9,18H2,1H3. The van der Waals surface area contributed by atoms with Crippen LogP contribution in [0, 0.1) is 0 Å². The molecule has 0 amide bonds. The van der Waals surface area contributed by atoms with Crippen LogP contribution in [0.3, 0.4) is 0 Å². The first-order chi connectivity index (χ1) is 9.40. The molecule has 0 aromatic heterocycles. The molecular formula is C14H19F3N2O. The van der Waals surface area contributed by atoms with Crippen molar-refractivity contribution in [2.75, 3.05) is 20.2 Å². The molecule has 112 valence electrons. The van der Waals surface area contributed by atoms with Crippen LogP contribution < -0.4 is 15.8 Å². The Kier molecular flexibility index (Phi) is 4.25. The third-order valence-electron chi connectivity index (χ3n) is 3.86. The minimum Gasteiger partial charge on any atom is -0.497 e. The first kappa shape index (κ1) is 15.1. The molecule has 1 aromatic rings. The molecular weight excluding hydrogens is 269 g/mol. The minimum atomic E-state index is -4.25. The van der Waals surface area contributed by atoms with Crippen molar-refractivity contribution in [3.63, 3.8) is 0 Å². The summed E-state index contributed by atoms with van der Waals surface area (Å²) in [6.45, 7) is -0.913. The second kappa shape index (κ2) is 5.61. The van der Waals surface area contributed by atoms with E-state index in [1.54, 1.807) is 6.07 Å². The molecule has 1 atom stereocenters. The molecule has 20 heavy (non-hydrogen) atoms. The second-order valence-electron chi connectivity index (χ2n) is 5.13. The number of aryl methyl sites for hydroxylation is 1. The Bertz CT molecular complexity index is 476. The van der Waals surface area contributed by atoms with E-state index in [9.17, 15) is 13.2 Å². The van der Waals surface area contributed by atoms with Gasteiger partial charge in [-0.05, 0) is 42.5 Å². The van der Waals surface area contributed by atoms with Gasteiger partial charge in [-0.3, -0.25) is 5.32 Å². The zero-order valence-corrected chi connectivity index (χ0v) is 11.4. The smallest absolute Gasteiger partial charge is 0.401 e. The topological polar surface area (TPSA) is 47.3 Å². The Labute approximate surface area is 116 Å². The van der Waals surface area contributed by atoms with Gasteiger partial charge in [0.25, 0.3) is 0 Å². The number of rotatable bonds is 4. The molecule has 1 unspecified atom stereocenters. The molecule has 0 aliphatic heterocycles. The number of nitrogens with two attached hydrogens (primary N) is 1. The van der Waals surface area contributed by atoms with E-state index in [0.717, 1.165) is 24.0 Å². The zero-order valence-electron chi connectivity index (χ0n) is 11.4. The molecule has 1 aliphatic carbocycles. The third kappa shape index (κ3) is 3.07. The van der Waals surface area contributed by atoms with Crippen LogP contribution in [0.4, 0.5) is 13.2 Å². The third-order valence-corrected chi connectivity index (χ3v) is 3.86. The molecule has 0 radical (unpaired) electrons. The van der Waals surface area contributed by atoms with Crippen LogP contribution in [0.5, 0.6) is 5.75 Å². The number of nitrogens with one attached hydrogen (secondary N) is 1. The van der Waals surface area contributed by atoms with Crippen molar-refractivity contribution in [2.45, 2.75) is 31.0 Å². The van der Waals surface area contributed by atoms with Crippen LogP contribution >= 0.6 is 0 Å². The number of hydrogen-bond donors (Lipinski definition) is 2. The molecule has 0 heterocycles. The Hall–Kier alpha value is -1.27. The van der Waals surface area contributed by atoms with Crippen molar-refractivity contribution in [1.82, 2.24) is 5.32 Å². The Morgan fingerprint density at radius 3 is 2.75 bits per heavy atom. The quantitative estimate of drug-likeness (QED) is 0.894. The Morgan fingerprint density at radius 2 is 2.15 bits per heavy atom. The SMILES string of the molecule is COc1ccc2c(c1)C(CN)(NCC(F)(F)F)CCC2. The van der Waals surface area contributed by atoms with Crippen LogP contribution in [0.25, 0.3) is 0 Å². The van der Waals surface area contributed by atoms with Gasteiger partial charge in [0.1, 0.15) is 5.75 Å². The summed E-state index contributed by atoms with van der Waals surface area (Å²) in [6, 6.07) is 5.53. The van der Waals surface area contributed by atoms with Crippen molar-refractivity contribution in [2.24, 2.45) is 5.73 Å². The lowest BCUT2D eigenvalue weighted by Gasteiger charge is -2.39. The van der Waals surface area contributed by atoms with Crippen molar-refractivity contribution in [1.29, 1.82) is 0 Å². The molecule has 0 saturated carbocycles. The average Bonchev–Trinajstić information content (AvgIpc) is 2.43. The maximum absolute atomic E-state index is 12.5. The summed E-state index contributed by atoms with van der Waals surface area (Å²) in [5, 5.41) is 2.63. The molecule has 2 rings (SSSR count). The molecule has 3 nitrogen and oxygen atoms in total. The highest BCUT2D eigenvalue weighted by atomic mass is 19.4. The normalized spacial score (nSPS) is 22.4. The molecule has 6 heteroatoms. The predicted octanol–water partition coefficient (Wildman–Crippen LogP) is 2.34. The lowest BCUT2D eigenvalue weighted by Crippen LogP contribution is -2.53. The molecule has 3 N–H and O–H groups in total. The molecule has 0 fully saturated rings. The largest absolute Gasteiger partial charge is 0.497 e. The number of benzene rings is 1. The van der Waals surface area contributed by atoms with Crippen molar-refractivity contribution >= 4 is 0 Å². The highest BCUT2D eigenvalue weighted by Crippen LogP contribution is 2.37. The first-order valence-electron chi connectivity index (χ1n) is 6.59. The van der Waals surface area contributed by atoms with Crippen LogP contribution in [-0.4, -0.2) is 26.4 Å². The van der Waals surface area contributed by atoms with Gasteiger partial charge in [-0.2, -0.15) is 13.2 Å². The van der Waals surface area contributed by atoms with Gasteiger partial charge in [0.05, 0.1) is 19.2 Å². The van der Waals surface area contributed by atoms with Crippen LogP contribution in [0.2, 0.25) is 0 Å². The first-order valence-corrected chi connectivity index (χ1v) is 6.59. The molecule has 1 aliphatic rings. The van der Waals surface area contributed by atoms with E-state index < -0.39 is 18.3 Å². The van der Waals surface area contributed by atoms with Gasteiger partial charge in [0, 0.05) is 6.54 Å². The van der Waals surface area contributed by atoms with E-state index in [1.807, 2.05) is 12.1 Å². The van der Waals surface area contributed by atoms with Gasteiger partial charge in [-0.1, -0.05) is 6.07 Å². The Morgan fingerprint density at radius 1 is 1.40 bits per heavy atom. The summed E-state index contributed by atoms with van der Waals surface area (Å²) < 4.78 is 42.7. The lowest BCUT2D eigenvalue weighted by atomic mass is 9.76. The number of alkyl halides is 3. The number of fused-ring (bicyclic) bond motifs is 1. The highest BCUT2D eigenvalue weighted by molar-refractivity contribution is 5.42. The average molecular weight is 288 g/mol. The molecule has 1 aromatic carbocycles. The van der Waals surface area contributed by atoms with Gasteiger partial charge in [-0.15, -0.1) is 0 Å². The fraction of sp³-hybridized carbons (Fsp3) is 0.571. The van der Waals surface area contributed by atoms with Crippen molar-refractivity contribution < 1.29 is 17.9 Å². The Balaban J connectivity index is 2.35. The van der Waals surface area contributed by atoms with Crippen molar-refractivity contribution in [3.8, 4) is 5.75 Å². The highest BCUT2D eigenvalue weighted by Gasteiger charge is 2.39. The van der Waals surface area contributed by atoms with Gasteiger partial charge in [-0.25, -0.2) is 0 Å². The van der Waals surface area contributed by atoms with Crippen LogP contribution in [0.15, 0.2) is 18.2 Å². The maximum Gasteiger partial charge on any atom is 0.401 e. The fourth-order valence-electron chi connectivity index (χ4n) is 2.80.